The van der Waals surface area contributed by atoms with E-state index in [-0.39, 0.29) is 0 Å². The highest BCUT2D eigenvalue weighted by Crippen LogP contribution is 2.34. The van der Waals surface area contributed by atoms with Crippen LogP contribution in [0.15, 0.2) is 0 Å². The summed E-state index contributed by atoms with van der Waals surface area (Å²) in [7, 11) is 0. The van der Waals surface area contributed by atoms with E-state index in [0.29, 0.717) is 0 Å². The van der Waals surface area contributed by atoms with Crippen molar-refractivity contribution in [2.75, 3.05) is 19.8 Å². The van der Waals surface area contributed by atoms with Gasteiger partial charge in [-0.3, -0.25) is 9.59 Å². The Morgan fingerprint density at radius 2 is 0.980 bits per heavy atom. The van der Waals surface area contributed by atoms with Crippen molar-refractivity contribution in [2.45, 2.75) is 143 Å². The van der Waals surface area contributed by atoms with Crippen molar-refractivity contribution in [2.24, 2.45) is 0 Å². The molecule has 22 nitrogen and oxygen atoms in total. The van der Waals surface area contributed by atoms with Gasteiger partial charge >= 0.3 is 0 Å². The minimum Gasteiger partial charge on any atom is -0.394 e. The Balaban J connectivity index is 1.68. The lowest BCUT2D eigenvalue weighted by atomic mass is 9.94. The zero-order valence-corrected chi connectivity index (χ0v) is 27.3. The summed E-state index contributed by atoms with van der Waals surface area (Å²) in [4.78, 5) is 24.3. The van der Waals surface area contributed by atoms with Crippen LogP contribution < -0.4 is 10.6 Å². The second kappa shape index (κ2) is 17.4. The fourth-order valence-corrected chi connectivity index (χ4v) is 6.27. The van der Waals surface area contributed by atoms with E-state index in [1.807, 2.05) is 0 Å². The van der Waals surface area contributed by atoms with Gasteiger partial charge in [-0.25, -0.2) is 0 Å². The van der Waals surface area contributed by atoms with E-state index in [4.69, 9.17) is 33.2 Å². The first kappa shape index (κ1) is 41.0. The number of aliphatic hydroxyl groups excluding tert-OH is 11. The van der Waals surface area contributed by atoms with E-state index >= 15 is 0 Å². The summed E-state index contributed by atoms with van der Waals surface area (Å²) in [5.74, 6) is -1.44. The third kappa shape index (κ3) is 8.70. The van der Waals surface area contributed by atoms with Gasteiger partial charge in [-0.2, -0.15) is 0 Å². The first-order chi connectivity index (χ1) is 23.5. The first-order valence-electron chi connectivity index (χ1n) is 15.9. The molecule has 0 saturated carbocycles. The normalized spacial score (nSPS) is 48.5. The third-order valence-corrected chi connectivity index (χ3v) is 8.97. The minimum atomic E-state index is -2.00. The molecule has 20 atom stereocenters. The van der Waals surface area contributed by atoms with Crippen LogP contribution in [-0.4, -0.2) is 211 Å². The third-order valence-electron chi connectivity index (χ3n) is 8.97. The Hall–Kier alpha value is -1.78. The van der Waals surface area contributed by atoms with Gasteiger partial charge in [-0.1, -0.05) is 0 Å². The van der Waals surface area contributed by atoms with Crippen molar-refractivity contribution in [1.29, 1.82) is 0 Å². The van der Waals surface area contributed by atoms with Crippen molar-refractivity contribution in [1.82, 2.24) is 10.6 Å². The minimum absolute atomic E-state index is 0.696. The molecular formula is C28H48N2O20. The van der Waals surface area contributed by atoms with Crippen LogP contribution in [0.4, 0.5) is 0 Å². The molecule has 50 heavy (non-hydrogen) atoms. The average Bonchev–Trinajstić information content (AvgIpc) is 3.06. The Morgan fingerprint density at radius 1 is 0.520 bits per heavy atom. The maximum absolute atomic E-state index is 12.4. The van der Waals surface area contributed by atoms with E-state index in [9.17, 15) is 65.8 Å². The number of rotatable bonds is 11. The molecule has 290 valence electrons. The number of carbonyl (C=O) groups is 2. The topological polar surface area (TPSA) is 345 Å². The van der Waals surface area contributed by atoms with Crippen LogP contribution in [0.1, 0.15) is 20.8 Å². The largest absolute Gasteiger partial charge is 0.394 e. The van der Waals surface area contributed by atoms with Gasteiger partial charge in [0, 0.05) is 13.8 Å². The highest BCUT2D eigenvalue weighted by Gasteiger charge is 2.56. The lowest BCUT2D eigenvalue weighted by Gasteiger charge is -2.50. The van der Waals surface area contributed by atoms with Gasteiger partial charge < -0.3 is 100.0 Å². The molecular weight excluding hydrogens is 684 g/mol. The number of amides is 2. The summed E-state index contributed by atoms with van der Waals surface area (Å²) in [5.41, 5.74) is 0. The predicted octanol–water partition coefficient (Wildman–Crippen LogP) is -8.43. The number of nitrogens with one attached hydrogen (secondary N) is 2. The standard InChI is InChI=1S/C28H48N2O20/c1-7-15(36)19(40)21(42)27(44-7)48-23-14(30-9(3)35)26(46-12(6-33)18(23)39)50-24-20(41)16(37)10(4-31)47-28(24)49-22-13(29-8(2)34)25(43)45-11(5-32)17(22)38/h7,10-28,31-33,36-43H,4-6H2,1-3H3,(H,29,34)(H,30,35)/t7-,10+,11+,12+,13+,14+,15+,16+,17+,18+,19+,20-,21+,22+,23+,24-,25-,26+,27-,28-/m0/s1. The number of hydrogen-bond donors (Lipinski definition) is 13. The zero-order valence-electron chi connectivity index (χ0n) is 27.3. The molecule has 0 bridgehead atoms. The van der Waals surface area contributed by atoms with E-state index in [1.54, 1.807) is 0 Å². The molecule has 0 aromatic carbocycles. The Labute approximate surface area is 285 Å². The summed E-state index contributed by atoms with van der Waals surface area (Å²) in [5, 5.41) is 120. The van der Waals surface area contributed by atoms with Gasteiger partial charge in [-0.15, -0.1) is 0 Å². The second-order valence-corrected chi connectivity index (χ2v) is 12.6. The highest BCUT2D eigenvalue weighted by atomic mass is 16.8. The van der Waals surface area contributed by atoms with E-state index < -0.39 is 154 Å². The lowest BCUT2D eigenvalue weighted by molar-refractivity contribution is -0.381. The first-order valence-corrected chi connectivity index (χ1v) is 15.9. The molecule has 0 radical (unpaired) electrons. The Bertz CT molecular complexity index is 1130. The molecule has 22 heteroatoms. The molecule has 4 aliphatic rings. The van der Waals surface area contributed by atoms with Gasteiger partial charge in [0.1, 0.15) is 91.4 Å². The van der Waals surface area contributed by atoms with Gasteiger partial charge in [0.15, 0.2) is 25.2 Å². The molecule has 2 amide bonds. The number of carbonyl (C=O) groups excluding carboxylic acids is 2. The molecule has 4 saturated heterocycles. The van der Waals surface area contributed by atoms with Gasteiger partial charge in [-0.05, 0) is 6.92 Å². The molecule has 4 aliphatic heterocycles. The molecule has 13 N–H and O–H groups in total. The monoisotopic (exact) mass is 732 g/mol. The smallest absolute Gasteiger partial charge is 0.217 e. The van der Waals surface area contributed by atoms with Crippen molar-refractivity contribution in [3.05, 3.63) is 0 Å². The van der Waals surface area contributed by atoms with Crippen LogP contribution in [0.5, 0.6) is 0 Å². The predicted molar refractivity (Wildman–Crippen MR) is 156 cm³/mol. The Morgan fingerprint density at radius 3 is 1.54 bits per heavy atom. The summed E-state index contributed by atoms with van der Waals surface area (Å²) in [6, 6.07) is -3.09. The van der Waals surface area contributed by atoms with Crippen LogP contribution >= 0.6 is 0 Å². The van der Waals surface area contributed by atoms with E-state index in [0.717, 1.165) is 13.8 Å². The molecule has 0 aromatic rings. The van der Waals surface area contributed by atoms with Crippen LogP contribution in [0.25, 0.3) is 0 Å². The Kier molecular flexibility index (Phi) is 14.2. The van der Waals surface area contributed by atoms with Crippen molar-refractivity contribution in [3.63, 3.8) is 0 Å². The van der Waals surface area contributed by atoms with Gasteiger partial charge in [0.2, 0.25) is 11.8 Å². The molecule has 0 unspecified atom stereocenters. The van der Waals surface area contributed by atoms with Crippen LogP contribution in [0.2, 0.25) is 0 Å². The van der Waals surface area contributed by atoms with Crippen LogP contribution in [0.3, 0.4) is 0 Å². The maximum Gasteiger partial charge on any atom is 0.217 e. The maximum atomic E-state index is 12.4. The molecule has 4 fully saturated rings. The van der Waals surface area contributed by atoms with Crippen molar-refractivity contribution < 1.29 is 98.9 Å². The quantitative estimate of drug-likeness (QED) is 0.0938. The summed E-state index contributed by atoms with van der Waals surface area (Å²) in [6.45, 7) is 0.964. The van der Waals surface area contributed by atoms with Gasteiger partial charge in [0.05, 0.1) is 25.9 Å². The van der Waals surface area contributed by atoms with Crippen LogP contribution in [-0.2, 0) is 42.7 Å². The van der Waals surface area contributed by atoms with Crippen molar-refractivity contribution in [3.8, 4) is 0 Å². The van der Waals surface area contributed by atoms with E-state index in [2.05, 4.69) is 10.6 Å². The summed E-state index contributed by atoms with van der Waals surface area (Å²) in [6.07, 6.45) is -30.6. The summed E-state index contributed by atoms with van der Waals surface area (Å²) >= 11 is 0. The fourth-order valence-electron chi connectivity index (χ4n) is 6.27. The average molecular weight is 733 g/mol. The van der Waals surface area contributed by atoms with Crippen molar-refractivity contribution >= 4 is 11.8 Å². The number of hydrogen-bond acceptors (Lipinski definition) is 20. The van der Waals surface area contributed by atoms with Crippen LogP contribution in [0, 0.1) is 0 Å². The SMILES string of the molecule is CC(=O)N[C@@H]1[C@@H](O[C@@H]2O[C@H](CO)[C@@H](O)[C@H](O)[C@@H]2O[C@H]2O[C@H](CO)[C@@H](O)[C@H](O[C@@H]3O[C@@H](C)[C@@H](O)[C@@H](O)[C@H]3O)[C@H]2NC(C)=O)[C@H](O)[C@@H](CO)O[C@@H]1O. The summed E-state index contributed by atoms with van der Waals surface area (Å²) < 4.78 is 39.8. The number of ether oxygens (including phenoxy) is 7. The molecule has 0 aliphatic carbocycles. The zero-order chi connectivity index (χ0) is 37.2. The highest BCUT2D eigenvalue weighted by molar-refractivity contribution is 5.73. The van der Waals surface area contributed by atoms with E-state index in [1.165, 1.54) is 6.92 Å². The second-order valence-electron chi connectivity index (χ2n) is 12.6. The number of aliphatic hydroxyl groups is 11. The molecule has 0 spiro atoms. The molecule has 4 heterocycles. The fraction of sp³-hybridized carbons (Fsp3) is 0.929. The molecule has 4 rings (SSSR count). The lowest BCUT2D eigenvalue weighted by Crippen LogP contribution is -2.70. The molecule has 0 aromatic heterocycles. The van der Waals surface area contributed by atoms with Gasteiger partial charge in [0.25, 0.3) is 0 Å².